The molecule has 6 heteroatoms. The number of hydrogen-bond donors (Lipinski definition) is 1. The molecule has 0 bridgehead atoms. The van der Waals surface area contributed by atoms with Crippen molar-refractivity contribution in [2.24, 2.45) is 0 Å². The van der Waals surface area contributed by atoms with Gasteiger partial charge in [0.25, 0.3) is 0 Å². The molecule has 1 aromatic carbocycles. The van der Waals surface area contributed by atoms with Crippen LogP contribution >= 0.6 is 0 Å². The third kappa shape index (κ3) is 4.79. The summed E-state index contributed by atoms with van der Waals surface area (Å²) in [7, 11) is -3.43. The van der Waals surface area contributed by atoms with Gasteiger partial charge >= 0.3 is 0 Å². The van der Waals surface area contributed by atoms with Crippen molar-refractivity contribution in [1.82, 2.24) is 4.31 Å². The Balaban J connectivity index is 2.80. The van der Waals surface area contributed by atoms with Gasteiger partial charge in [0.1, 0.15) is 0 Å². The average molecular weight is 296 g/mol. The molecular weight excluding hydrogens is 276 g/mol. The van der Waals surface area contributed by atoms with Crippen LogP contribution in [-0.4, -0.2) is 38.0 Å². The molecule has 0 aliphatic heterocycles. The summed E-state index contributed by atoms with van der Waals surface area (Å²) in [5.41, 5.74) is 2.65. The van der Waals surface area contributed by atoms with E-state index in [9.17, 15) is 13.2 Å². The Hall–Kier alpha value is -1.66. The predicted octanol–water partition coefficient (Wildman–Crippen LogP) is 1.69. The molecule has 0 radical (unpaired) electrons. The highest BCUT2D eigenvalue weighted by Crippen LogP contribution is 2.16. The molecule has 0 saturated heterocycles. The Morgan fingerprint density at radius 3 is 2.60 bits per heavy atom. The summed E-state index contributed by atoms with van der Waals surface area (Å²) in [6, 6.07) is 5.71. The van der Waals surface area contributed by atoms with E-state index in [0.29, 0.717) is 5.69 Å². The third-order valence-electron chi connectivity index (χ3n) is 2.79. The third-order valence-corrected chi connectivity index (χ3v) is 4.01. The minimum atomic E-state index is -3.43. The molecule has 0 saturated carbocycles. The summed E-state index contributed by atoms with van der Waals surface area (Å²) in [4.78, 5) is 12.0. The minimum Gasteiger partial charge on any atom is -0.325 e. The molecule has 0 aliphatic rings. The lowest BCUT2D eigenvalue weighted by Gasteiger charge is -2.18. The van der Waals surface area contributed by atoms with Gasteiger partial charge in [0.2, 0.25) is 15.9 Å². The molecule has 0 heterocycles. The lowest BCUT2D eigenvalue weighted by atomic mass is 10.1. The first-order valence-electron chi connectivity index (χ1n) is 6.17. The zero-order valence-electron chi connectivity index (χ0n) is 12.0. The van der Waals surface area contributed by atoms with Crippen LogP contribution < -0.4 is 5.32 Å². The van der Waals surface area contributed by atoms with E-state index in [1.807, 2.05) is 32.0 Å². The number of carbonyl (C=O) groups excluding carboxylic acids is 1. The molecule has 0 unspecified atom stereocenters. The van der Waals surface area contributed by atoms with Crippen molar-refractivity contribution in [2.75, 3.05) is 24.7 Å². The normalized spacial score (nSPS) is 11.4. The number of rotatable bonds is 6. The van der Waals surface area contributed by atoms with E-state index >= 15 is 0 Å². The topological polar surface area (TPSA) is 66.5 Å². The van der Waals surface area contributed by atoms with Gasteiger partial charge in [0.05, 0.1) is 12.8 Å². The van der Waals surface area contributed by atoms with E-state index in [1.54, 1.807) is 0 Å². The fourth-order valence-electron chi connectivity index (χ4n) is 1.68. The molecule has 1 amide bonds. The molecule has 1 N–H and O–H groups in total. The van der Waals surface area contributed by atoms with Gasteiger partial charge in [-0.2, -0.15) is 4.31 Å². The molecule has 110 valence electrons. The van der Waals surface area contributed by atoms with Gasteiger partial charge in [-0.25, -0.2) is 8.42 Å². The highest BCUT2D eigenvalue weighted by molar-refractivity contribution is 7.88. The van der Waals surface area contributed by atoms with E-state index in [1.165, 1.54) is 6.08 Å². The lowest BCUT2D eigenvalue weighted by Crippen LogP contribution is -2.37. The van der Waals surface area contributed by atoms with Crippen LogP contribution in [-0.2, 0) is 14.8 Å². The second kappa shape index (κ2) is 6.67. The Morgan fingerprint density at radius 2 is 2.05 bits per heavy atom. The fraction of sp³-hybridized carbons (Fsp3) is 0.357. The first-order valence-corrected chi connectivity index (χ1v) is 8.02. The second-order valence-corrected chi connectivity index (χ2v) is 6.69. The van der Waals surface area contributed by atoms with Gasteiger partial charge in [-0.1, -0.05) is 18.2 Å². The van der Waals surface area contributed by atoms with E-state index in [2.05, 4.69) is 11.9 Å². The highest BCUT2D eigenvalue weighted by atomic mass is 32.2. The summed E-state index contributed by atoms with van der Waals surface area (Å²) < 4.78 is 24.1. The van der Waals surface area contributed by atoms with Crippen molar-refractivity contribution in [3.8, 4) is 0 Å². The van der Waals surface area contributed by atoms with Gasteiger partial charge in [0, 0.05) is 12.2 Å². The number of hydrogen-bond acceptors (Lipinski definition) is 3. The molecule has 20 heavy (non-hydrogen) atoms. The first-order chi connectivity index (χ1) is 9.24. The number of nitrogens with one attached hydrogen (secondary N) is 1. The van der Waals surface area contributed by atoms with Crippen molar-refractivity contribution in [3.63, 3.8) is 0 Å². The van der Waals surface area contributed by atoms with E-state index in [4.69, 9.17) is 0 Å². The largest absolute Gasteiger partial charge is 0.325 e. The van der Waals surface area contributed by atoms with Gasteiger partial charge in [0.15, 0.2) is 0 Å². The fourth-order valence-corrected chi connectivity index (χ4v) is 2.41. The van der Waals surface area contributed by atoms with Crippen molar-refractivity contribution in [1.29, 1.82) is 0 Å². The van der Waals surface area contributed by atoms with Gasteiger partial charge in [-0.15, -0.1) is 6.58 Å². The number of sulfonamides is 1. The Kier molecular flexibility index (Phi) is 5.47. The monoisotopic (exact) mass is 296 g/mol. The number of carbonyl (C=O) groups is 1. The van der Waals surface area contributed by atoms with E-state index in [-0.39, 0.29) is 19.0 Å². The number of anilines is 1. The molecule has 1 rings (SSSR count). The van der Waals surface area contributed by atoms with Crippen molar-refractivity contribution >= 4 is 21.6 Å². The SMILES string of the molecule is C=CCN(CC(=O)Nc1cc(C)ccc1C)S(C)(=O)=O. The van der Waals surface area contributed by atoms with E-state index < -0.39 is 10.0 Å². The highest BCUT2D eigenvalue weighted by Gasteiger charge is 2.19. The molecule has 1 aromatic rings. The summed E-state index contributed by atoms with van der Waals surface area (Å²) in [6.07, 6.45) is 2.52. The zero-order chi connectivity index (χ0) is 15.3. The quantitative estimate of drug-likeness (QED) is 0.812. The van der Waals surface area contributed by atoms with Crippen LogP contribution in [0.4, 0.5) is 5.69 Å². The van der Waals surface area contributed by atoms with E-state index in [0.717, 1.165) is 21.7 Å². The van der Waals surface area contributed by atoms with Crippen LogP contribution in [0.15, 0.2) is 30.9 Å². The number of amides is 1. The van der Waals surface area contributed by atoms with Crippen LogP contribution in [0, 0.1) is 13.8 Å². The standard InChI is InChI=1S/C14H20N2O3S/c1-5-8-16(20(4,18)19)10-14(17)15-13-9-11(2)6-7-12(13)3/h5-7,9H,1,8,10H2,2-4H3,(H,15,17). The Bertz CT molecular complexity index is 609. The molecule has 0 spiro atoms. The smallest absolute Gasteiger partial charge is 0.239 e. The molecule has 0 fully saturated rings. The predicted molar refractivity (Wildman–Crippen MR) is 81.2 cm³/mol. The maximum absolute atomic E-state index is 12.0. The summed E-state index contributed by atoms with van der Waals surface area (Å²) >= 11 is 0. The minimum absolute atomic E-state index is 0.110. The number of aryl methyl sites for hydroxylation is 2. The molecule has 0 atom stereocenters. The van der Waals surface area contributed by atoms with Crippen LogP contribution in [0.5, 0.6) is 0 Å². The zero-order valence-corrected chi connectivity index (χ0v) is 12.8. The van der Waals surface area contributed by atoms with Crippen LogP contribution in [0.3, 0.4) is 0 Å². The summed E-state index contributed by atoms with van der Waals surface area (Å²) in [5, 5.41) is 2.73. The lowest BCUT2D eigenvalue weighted by molar-refractivity contribution is -0.116. The molecule has 5 nitrogen and oxygen atoms in total. The van der Waals surface area contributed by atoms with Crippen molar-refractivity contribution in [2.45, 2.75) is 13.8 Å². The maximum atomic E-state index is 12.0. The molecule has 0 aliphatic carbocycles. The number of benzene rings is 1. The second-order valence-electron chi connectivity index (χ2n) is 4.71. The Labute approximate surface area is 120 Å². The summed E-state index contributed by atoms with van der Waals surface area (Å²) in [6.45, 7) is 7.19. The van der Waals surface area contributed by atoms with Gasteiger partial charge in [-0.3, -0.25) is 4.79 Å². The summed E-state index contributed by atoms with van der Waals surface area (Å²) in [5.74, 6) is -0.369. The van der Waals surface area contributed by atoms with Gasteiger partial charge < -0.3 is 5.32 Å². The Morgan fingerprint density at radius 1 is 1.40 bits per heavy atom. The molecule has 0 aromatic heterocycles. The first kappa shape index (κ1) is 16.4. The van der Waals surface area contributed by atoms with Crippen molar-refractivity contribution in [3.05, 3.63) is 42.0 Å². The average Bonchev–Trinajstić information content (AvgIpc) is 2.32. The number of nitrogens with zero attached hydrogens (tertiary/aromatic N) is 1. The van der Waals surface area contributed by atoms with Crippen LogP contribution in [0.2, 0.25) is 0 Å². The maximum Gasteiger partial charge on any atom is 0.239 e. The van der Waals surface area contributed by atoms with Crippen LogP contribution in [0.1, 0.15) is 11.1 Å². The van der Waals surface area contributed by atoms with Gasteiger partial charge in [-0.05, 0) is 31.0 Å². The van der Waals surface area contributed by atoms with Crippen LogP contribution in [0.25, 0.3) is 0 Å². The molecular formula is C14H20N2O3S. The van der Waals surface area contributed by atoms with Crippen molar-refractivity contribution < 1.29 is 13.2 Å².